The second kappa shape index (κ2) is 14.4. The molecule has 0 saturated carbocycles. The number of hydrogen-bond donors (Lipinski definition) is 0. The molecule has 1 heterocycles. The third-order valence-corrected chi connectivity index (χ3v) is 7.36. The molecule has 0 saturated heterocycles. The summed E-state index contributed by atoms with van der Waals surface area (Å²) in [5, 5.41) is -0.117. The highest BCUT2D eigenvalue weighted by atomic mass is 19.4. The van der Waals surface area contributed by atoms with Crippen LogP contribution in [0, 0.1) is 32.6 Å². The molecule has 46 heavy (non-hydrogen) atoms. The zero-order valence-electron chi connectivity index (χ0n) is 27.2. The molecule has 0 amide bonds. The highest BCUT2D eigenvalue weighted by Gasteiger charge is 2.41. The second-order valence-electron chi connectivity index (χ2n) is 12.5. The summed E-state index contributed by atoms with van der Waals surface area (Å²) in [5.74, 6) is -2.65. The van der Waals surface area contributed by atoms with Gasteiger partial charge in [0.05, 0.1) is 10.9 Å². The fourth-order valence-electron chi connectivity index (χ4n) is 5.35. The second-order valence-corrected chi connectivity index (χ2v) is 12.5. The molecule has 0 bridgehead atoms. The van der Waals surface area contributed by atoms with Crippen molar-refractivity contribution >= 4 is 23.0 Å². The summed E-state index contributed by atoms with van der Waals surface area (Å²) in [4.78, 5) is 28.8. The number of carbonyl (C=O) groups excluding carboxylic acids is 1. The van der Waals surface area contributed by atoms with Crippen molar-refractivity contribution in [3.63, 3.8) is 0 Å². The van der Waals surface area contributed by atoms with Gasteiger partial charge in [-0.25, -0.2) is 4.79 Å². The topological polar surface area (TPSA) is 69.0 Å². The molecule has 0 aliphatic heterocycles. The van der Waals surface area contributed by atoms with Crippen molar-refractivity contribution < 1.29 is 31.9 Å². The van der Waals surface area contributed by atoms with E-state index in [0.29, 0.717) is 18.7 Å². The lowest BCUT2D eigenvalue weighted by Crippen LogP contribution is -2.31. The Bertz CT molecular complexity index is 1780. The van der Waals surface area contributed by atoms with Crippen molar-refractivity contribution in [2.45, 2.75) is 61.2 Å². The van der Waals surface area contributed by atoms with Crippen molar-refractivity contribution in [1.29, 1.82) is 0 Å². The van der Waals surface area contributed by atoms with Gasteiger partial charge in [-0.3, -0.25) is 9.69 Å². The fourth-order valence-corrected chi connectivity index (χ4v) is 5.35. The first-order valence-electron chi connectivity index (χ1n) is 15.3. The molecule has 0 spiro atoms. The maximum atomic E-state index is 14.6. The molecule has 3 aromatic carbocycles. The number of halogens is 3. The third kappa shape index (κ3) is 8.46. The van der Waals surface area contributed by atoms with E-state index in [4.69, 9.17) is 13.9 Å². The van der Waals surface area contributed by atoms with Crippen LogP contribution < -0.4 is 14.9 Å². The lowest BCUT2D eigenvalue weighted by atomic mass is 10.0. The van der Waals surface area contributed by atoms with Gasteiger partial charge in [-0.1, -0.05) is 64.1 Å². The van der Waals surface area contributed by atoms with Crippen molar-refractivity contribution in [1.82, 2.24) is 4.90 Å². The van der Waals surface area contributed by atoms with Crippen LogP contribution in [0.2, 0.25) is 0 Å². The van der Waals surface area contributed by atoms with E-state index in [1.54, 1.807) is 26.0 Å². The van der Waals surface area contributed by atoms with Crippen molar-refractivity contribution in [2.75, 3.05) is 13.1 Å². The Balaban J connectivity index is 1.91. The van der Waals surface area contributed by atoms with Crippen LogP contribution in [0.3, 0.4) is 0 Å². The molecule has 0 N–H and O–H groups in total. The number of ether oxygens (including phenoxy) is 2. The van der Waals surface area contributed by atoms with Gasteiger partial charge in [0.15, 0.2) is 0 Å². The SMILES string of the molecule is Cc1cc(C)c(C)c(Oc2c(C(F)(F)F)oc3c(CN(CC(C)C)CC(C)C)c(OC(=O)/C=C/c4ccccc4)ccc3c2=O)c1. The largest absolute Gasteiger partial charge is 0.453 e. The van der Waals surface area contributed by atoms with Gasteiger partial charge >= 0.3 is 12.1 Å². The zero-order valence-corrected chi connectivity index (χ0v) is 27.2. The Hall–Kier alpha value is -4.37. The summed E-state index contributed by atoms with van der Waals surface area (Å²) in [5.41, 5.74) is 1.82. The number of nitrogens with zero attached hydrogens (tertiary/aromatic N) is 1. The van der Waals surface area contributed by atoms with Gasteiger partial charge in [0.2, 0.25) is 11.2 Å². The standard InChI is InChI=1S/C37H40F3NO5/c1-22(2)19-41(20-23(3)4)21-29-30(44-32(42)16-13-27-11-9-8-10-12-27)15-14-28-33(43)35(36(37(38,39)40)46-34(28)29)45-31-18-24(5)17-25(6)26(31)7/h8-18,22-23H,19-21H2,1-7H3/b16-13+. The number of alkyl halides is 3. The summed E-state index contributed by atoms with van der Waals surface area (Å²) in [6.07, 6.45) is -2.25. The zero-order chi connectivity index (χ0) is 33.8. The van der Waals surface area contributed by atoms with Crippen LogP contribution in [0.1, 0.15) is 61.3 Å². The van der Waals surface area contributed by atoms with Gasteiger partial charge in [-0.2, -0.15) is 13.2 Å². The van der Waals surface area contributed by atoms with Crippen LogP contribution in [-0.2, 0) is 17.5 Å². The first kappa shape index (κ1) is 34.5. The van der Waals surface area contributed by atoms with E-state index >= 15 is 0 Å². The normalized spacial score (nSPS) is 12.2. The van der Waals surface area contributed by atoms with Gasteiger partial charge < -0.3 is 13.9 Å². The van der Waals surface area contributed by atoms with Crippen LogP contribution in [0.5, 0.6) is 17.2 Å². The summed E-state index contributed by atoms with van der Waals surface area (Å²) in [6, 6.07) is 15.3. The number of fused-ring (bicyclic) bond motifs is 1. The van der Waals surface area contributed by atoms with Gasteiger partial charge in [-0.15, -0.1) is 0 Å². The van der Waals surface area contributed by atoms with E-state index in [2.05, 4.69) is 4.90 Å². The summed E-state index contributed by atoms with van der Waals surface area (Å²) in [6.45, 7) is 14.7. The first-order valence-corrected chi connectivity index (χ1v) is 15.3. The number of carbonyl (C=O) groups is 1. The van der Waals surface area contributed by atoms with Gasteiger partial charge in [0.1, 0.15) is 17.1 Å². The molecule has 0 fully saturated rings. The number of hydrogen-bond acceptors (Lipinski definition) is 6. The minimum atomic E-state index is -5.06. The smallest absolute Gasteiger partial charge is 0.449 e. The summed E-state index contributed by atoms with van der Waals surface area (Å²) in [7, 11) is 0. The molecule has 0 aliphatic carbocycles. The Morgan fingerprint density at radius 3 is 2.20 bits per heavy atom. The fraction of sp³-hybridized carbons (Fsp3) is 0.351. The van der Waals surface area contributed by atoms with Crippen LogP contribution in [0.25, 0.3) is 17.0 Å². The predicted molar refractivity (Wildman–Crippen MR) is 174 cm³/mol. The van der Waals surface area contributed by atoms with Crippen LogP contribution >= 0.6 is 0 Å². The van der Waals surface area contributed by atoms with Crippen LogP contribution in [0.4, 0.5) is 13.2 Å². The van der Waals surface area contributed by atoms with E-state index in [-0.39, 0.29) is 46.4 Å². The average Bonchev–Trinajstić information content (AvgIpc) is 2.96. The molecule has 4 aromatic rings. The lowest BCUT2D eigenvalue weighted by molar-refractivity contribution is -0.154. The lowest BCUT2D eigenvalue weighted by Gasteiger charge is -2.27. The third-order valence-electron chi connectivity index (χ3n) is 7.36. The first-order chi connectivity index (χ1) is 21.6. The van der Waals surface area contributed by atoms with Crippen LogP contribution in [-0.4, -0.2) is 24.0 Å². The molecule has 244 valence electrons. The molecule has 0 unspecified atom stereocenters. The number of rotatable bonds is 11. The van der Waals surface area contributed by atoms with Gasteiger partial charge in [-0.05, 0) is 79.1 Å². The minimum Gasteiger partial charge on any atom is -0.449 e. The molecule has 9 heteroatoms. The van der Waals surface area contributed by atoms with E-state index in [9.17, 15) is 22.8 Å². The Kier molecular flexibility index (Phi) is 10.8. The quantitative estimate of drug-likeness (QED) is 0.0930. The maximum Gasteiger partial charge on any atom is 0.453 e. The Labute approximate surface area is 267 Å². The molecule has 0 radical (unpaired) electrons. The van der Waals surface area contributed by atoms with E-state index in [1.165, 1.54) is 18.2 Å². The molecule has 4 rings (SSSR count). The Morgan fingerprint density at radius 1 is 0.935 bits per heavy atom. The highest BCUT2D eigenvalue weighted by Crippen LogP contribution is 2.41. The van der Waals surface area contributed by atoms with Crippen molar-refractivity contribution in [3.05, 3.63) is 104 Å². The van der Waals surface area contributed by atoms with Crippen molar-refractivity contribution in [3.8, 4) is 17.2 Å². The van der Waals surface area contributed by atoms with Crippen LogP contribution in [0.15, 0.2) is 69.9 Å². The molecule has 0 atom stereocenters. The summed E-state index contributed by atoms with van der Waals surface area (Å²) < 4.78 is 60.9. The summed E-state index contributed by atoms with van der Waals surface area (Å²) >= 11 is 0. The van der Waals surface area contributed by atoms with E-state index < -0.39 is 29.1 Å². The van der Waals surface area contributed by atoms with E-state index in [1.807, 2.05) is 71.0 Å². The highest BCUT2D eigenvalue weighted by molar-refractivity contribution is 5.90. The predicted octanol–water partition coefficient (Wildman–Crippen LogP) is 9.26. The molecular formula is C37H40F3NO5. The minimum absolute atomic E-state index is 0.00261. The van der Waals surface area contributed by atoms with Gasteiger partial charge in [0.25, 0.3) is 5.76 Å². The molecule has 1 aromatic heterocycles. The molecule has 0 aliphatic rings. The number of aryl methyl sites for hydroxylation is 2. The maximum absolute atomic E-state index is 14.6. The molecule has 6 nitrogen and oxygen atoms in total. The van der Waals surface area contributed by atoms with Crippen molar-refractivity contribution in [2.24, 2.45) is 11.8 Å². The van der Waals surface area contributed by atoms with Gasteiger partial charge in [0, 0.05) is 25.7 Å². The van der Waals surface area contributed by atoms with E-state index in [0.717, 1.165) is 16.7 Å². The monoisotopic (exact) mass is 635 g/mol. The average molecular weight is 636 g/mol. The number of esters is 1. The Morgan fingerprint density at radius 2 is 1.59 bits per heavy atom. The molecular weight excluding hydrogens is 595 g/mol. The number of benzene rings is 3.